The summed E-state index contributed by atoms with van der Waals surface area (Å²) in [4.78, 5) is 6.92. The molecule has 3 heterocycles. The molecule has 0 N–H and O–H groups in total. The van der Waals surface area contributed by atoms with Crippen molar-refractivity contribution < 1.29 is 0 Å². The van der Waals surface area contributed by atoms with E-state index in [4.69, 9.17) is 0 Å². The van der Waals surface area contributed by atoms with Gasteiger partial charge in [0.25, 0.3) is 0 Å². The minimum absolute atomic E-state index is 0. The van der Waals surface area contributed by atoms with E-state index >= 15 is 0 Å². The summed E-state index contributed by atoms with van der Waals surface area (Å²) in [5.74, 6) is 0. The minimum Gasteiger partial charge on any atom is -0.371 e. The van der Waals surface area contributed by atoms with Gasteiger partial charge in [-0.05, 0) is 63.8 Å². The lowest BCUT2D eigenvalue weighted by Crippen LogP contribution is -2.18. The summed E-state index contributed by atoms with van der Waals surface area (Å²) < 4.78 is 4.28. The van der Waals surface area contributed by atoms with Crippen LogP contribution in [0.1, 0.15) is 42.4 Å². The molecule has 0 amide bonds. The van der Waals surface area contributed by atoms with Crippen LogP contribution in [-0.4, -0.2) is 32.4 Å². The molecule has 150 valence electrons. The van der Waals surface area contributed by atoms with Crippen molar-refractivity contribution in [2.24, 2.45) is 7.05 Å². The molecule has 0 fully saturated rings. The van der Waals surface area contributed by atoms with Gasteiger partial charge in [-0.3, -0.25) is 4.68 Å². The molecule has 0 saturated carbocycles. The number of hydrogen-bond acceptors (Lipinski definition) is 3. The lowest BCUT2D eigenvalue weighted by Gasteiger charge is -2.19. The van der Waals surface area contributed by atoms with Crippen molar-refractivity contribution in [3.63, 3.8) is 0 Å². The lowest BCUT2D eigenvalue weighted by atomic mass is 10.0. The topological polar surface area (TPSA) is 38.9 Å². The van der Waals surface area contributed by atoms with Crippen LogP contribution in [-0.2, 0) is 19.9 Å². The predicted molar refractivity (Wildman–Crippen MR) is 118 cm³/mol. The number of hydrogen-bond donors (Lipinski definition) is 0. The van der Waals surface area contributed by atoms with Crippen LogP contribution in [0.2, 0.25) is 0 Å². The highest BCUT2D eigenvalue weighted by atomic mass is 35.5. The third kappa shape index (κ3) is 3.44. The first-order valence-electron chi connectivity index (χ1n) is 9.88. The van der Waals surface area contributed by atoms with Gasteiger partial charge in [-0.15, -0.1) is 12.4 Å². The van der Waals surface area contributed by atoms with Gasteiger partial charge >= 0.3 is 0 Å². The molecule has 28 heavy (non-hydrogen) atoms. The number of rotatable bonds is 5. The molecule has 0 saturated heterocycles. The first-order chi connectivity index (χ1) is 13.0. The zero-order valence-electron chi connectivity index (χ0n) is 17.4. The maximum absolute atomic E-state index is 4.57. The average molecular weight is 400 g/mol. The van der Waals surface area contributed by atoms with E-state index in [1.165, 1.54) is 33.8 Å². The molecule has 3 aromatic rings. The molecule has 0 aliphatic carbocycles. The maximum Gasteiger partial charge on any atom is 0.0953 e. The van der Waals surface area contributed by atoms with E-state index in [9.17, 15) is 0 Å². The number of likely N-dealkylation sites (N-methyl/N-ethyl adjacent to an activating group) is 1. The van der Waals surface area contributed by atoms with Crippen molar-refractivity contribution >= 4 is 18.1 Å². The fourth-order valence-corrected chi connectivity index (χ4v) is 4.34. The monoisotopic (exact) mass is 399 g/mol. The number of aromatic nitrogens is 4. The van der Waals surface area contributed by atoms with Crippen molar-refractivity contribution in [3.8, 4) is 11.3 Å². The standard InChI is InChI=1S/C22H29N5.ClH/c1-6-26-10-9-19-12-18(7-8-21(19)26)22-13-23-14-27(22)15(2)11-20-16(3)24-25(5)17(20)4;/h7-8,12-15H,6,9-11H2,1-5H3;1H. The second-order valence-corrected chi connectivity index (χ2v) is 7.69. The van der Waals surface area contributed by atoms with Crippen LogP contribution in [0.3, 0.4) is 0 Å². The van der Waals surface area contributed by atoms with E-state index in [1.807, 2.05) is 24.3 Å². The van der Waals surface area contributed by atoms with Crippen LogP contribution in [0.15, 0.2) is 30.7 Å². The van der Waals surface area contributed by atoms with Crippen molar-refractivity contribution in [1.82, 2.24) is 19.3 Å². The highest BCUT2D eigenvalue weighted by molar-refractivity contribution is 5.85. The summed E-state index contributed by atoms with van der Waals surface area (Å²) >= 11 is 0. The normalized spacial score (nSPS) is 14.1. The fourth-order valence-electron chi connectivity index (χ4n) is 4.34. The summed E-state index contributed by atoms with van der Waals surface area (Å²) in [6.07, 6.45) is 6.05. The number of halogens is 1. The number of aryl methyl sites for hydroxylation is 2. The molecule has 0 radical (unpaired) electrons. The van der Waals surface area contributed by atoms with Gasteiger partial charge in [0.2, 0.25) is 0 Å². The third-order valence-electron chi connectivity index (χ3n) is 6.05. The van der Waals surface area contributed by atoms with Crippen LogP contribution >= 0.6 is 12.4 Å². The fraction of sp³-hybridized carbons (Fsp3) is 0.455. The van der Waals surface area contributed by atoms with E-state index in [-0.39, 0.29) is 12.4 Å². The molecule has 1 aliphatic rings. The largest absolute Gasteiger partial charge is 0.371 e. The van der Waals surface area contributed by atoms with Gasteiger partial charge in [0.05, 0.1) is 23.9 Å². The minimum atomic E-state index is 0. The van der Waals surface area contributed by atoms with Gasteiger partial charge in [-0.2, -0.15) is 5.10 Å². The molecule has 1 aromatic carbocycles. The number of fused-ring (bicyclic) bond motifs is 1. The van der Waals surface area contributed by atoms with Gasteiger partial charge in [0.15, 0.2) is 0 Å². The van der Waals surface area contributed by atoms with Crippen LogP contribution < -0.4 is 4.90 Å². The second kappa shape index (κ2) is 8.00. The van der Waals surface area contributed by atoms with Crippen LogP contribution in [0.4, 0.5) is 5.69 Å². The molecule has 4 rings (SSSR count). The van der Waals surface area contributed by atoms with Crippen LogP contribution in [0.25, 0.3) is 11.3 Å². The summed E-state index contributed by atoms with van der Waals surface area (Å²) in [5.41, 5.74) is 9.02. The zero-order valence-corrected chi connectivity index (χ0v) is 18.3. The molecule has 1 aliphatic heterocycles. The van der Waals surface area contributed by atoms with E-state index in [0.717, 1.165) is 31.6 Å². The van der Waals surface area contributed by atoms with Gasteiger partial charge in [-0.1, -0.05) is 6.07 Å². The average Bonchev–Trinajstić information content (AvgIpc) is 3.35. The summed E-state index contributed by atoms with van der Waals surface area (Å²) in [6.45, 7) is 10.9. The SMILES string of the molecule is CCN1CCc2cc(-c3cncn3C(C)Cc3c(C)nn(C)c3C)ccc21.Cl. The Hall–Kier alpha value is -2.27. The third-order valence-corrected chi connectivity index (χ3v) is 6.05. The molecule has 1 atom stereocenters. The predicted octanol–water partition coefficient (Wildman–Crippen LogP) is 4.51. The Morgan fingerprint density at radius 2 is 2.00 bits per heavy atom. The quantitative estimate of drug-likeness (QED) is 0.633. The molecule has 1 unspecified atom stereocenters. The molecular formula is C22H30ClN5. The van der Waals surface area contributed by atoms with E-state index in [2.05, 4.69) is 65.4 Å². The number of benzene rings is 1. The van der Waals surface area contributed by atoms with E-state index in [1.54, 1.807) is 0 Å². The van der Waals surface area contributed by atoms with Crippen molar-refractivity contribution in [2.75, 3.05) is 18.0 Å². The molecule has 0 spiro atoms. The molecular weight excluding hydrogens is 370 g/mol. The van der Waals surface area contributed by atoms with Crippen molar-refractivity contribution in [2.45, 2.75) is 46.6 Å². The first-order valence-corrected chi connectivity index (χ1v) is 9.88. The summed E-state index contributed by atoms with van der Waals surface area (Å²) in [7, 11) is 2.02. The Labute approximate surface area is 173 Å². The summed E-state index contributed by atoms with van der Waals surface area (Å²) in [5, 5.41) is 4.57. The number of anilines is 1. The lowest BCUT2D eigenvalue weighted by molar-refractivity contribution is 0.546. The molecule has 2 aromatic heterocycles. The van der Waals surface area contributed by atoms with Gasteiger partial charge in [0, 0.05) is 43.1 Å². The highest BCUT2D eigenvalue weighted by Crippen LogP contribution is 2.33. The van der Waals surface area contributed by atoms with E-state index < -0.39 is 0 Å². The Balaban J connectivity index is 0.00000225. The maximum atomic E-state index is 4.57. The van der Waals surface area contributed by atoms with E-state index in [0.29, 0.717) is 6.04 Å². The van der Waals surface area contributed by atoms with Crippen LogP contribution in [0.5, 0.6) is 0 Å². The Morgan fingerprint density at radius 1 is 1.21 bits per heavy atom. The Bertz CT molecular complexity index is 971. The Kier molecular flexibility index (Phi) is 5.84. The first kappa shape index (κ1) is 20.5. The van der Waals surface area contributed by atoms with Gasteiger partial charge in [-0.25, -0.2) is 4.98 Å². The smallest absolute Gasteiger partial charge is 0.0953 e. The zero-order chi connectivity index (χ0) is 19.1. The molecule has 0 bridgehead atoms. The second-order valence-electron chi connectivity index (χ2n) is 7.69. The van der Waals surface area contributed by atoms with Crippen molar-refractivity contribution in [3.05, 3.63) is 53.2 Å². The highest BCUT2D eigenvalue weighted by Gasteiger charge is 2.20. The number of imidazole rings is 1. The van der Waals surface area contributed by atoms with Crippen molar-refractivity contribution in [1.29, 1.82) is 0 Å². The molecule has 5 nitrogen and oxygen atoms in total. The van der Waals surface area contributed by atoms with Crippen LogP contribution in [0, 0.1) is 13.8 Å². The van der Waals surface area contributed by atoms with Gasteiger partial charge < -0.3 is 9.47 Å². The molecule has 6 heteroatoms. The number of nitrogens with zero attached hydrogens (tertiary/aromatic N) is 5. The van der Waals surface area contributed by atoms with Gasteiger partial charge in [0.1, 0.15) is 0 Å². The Morgan fingerprint density at radius 3 is 2.68 bits per heavy atom. The summed E-state index contributed by atoms with van der Waals surface area (Å²) in [6, 6.07) is 7.20.